The maximum Gasteiger partial charge on any atom is 0.330 e. The van der Waals surface area contributed by atoms with Gasteiger partial charge in [0, 0.05) is 39.7 Å². The molecule has 0 aliphatic rings. The van der Waals surface area contributed by atoms with Crippen molar-refractivity contribution in [1.82, 2.24) is 9.80 Å². The summed E-state index contributed by atoms with van der Waals surface area (Å²) >= 11 is 0. The summed E-state index contributed by atoms with van der Waals surface area (Å²) < 4.78 is 0. The summed E-state index contributed by atoms with van der Waals surface area (Å²) in [6.07, 6.45) is 2.91. The minimum atomic E-state index is -0.935. The summed E-state index contributed by atoms with van der Waals surface area (Å²) in [5.74, 6) is -1.71. The highest BCUT2D eigenvalue weighted by Gasteiger charge is 2.24. The van der Waals surface area contributed by atoms with Gasteiger partial charge in [0.05, 0.1) is 6.42 Å². The Kier molecular flexibility index (Phi) is 16.4. The predicted molar refractivity (Wildman–Crippen MR) is 114 cm³/mol. The summed E-state index contributed by atoms with van der Waals surface area (Å²) in [5.41, 5.74) is -0.0674. The fraction of sp³-hybridized carbons (Fsp3) is 0.619. The third kappa shape index (κ3) is 19.9. The highest BCUT2D eigenvalue weighted by molar-refractivity contribution is 5.86. The van der Waals surface area contributed by atoms with Crippen LogP contribution in [0.15, 0.2) is 24.8 Å². The van der Waals surface area contributed by atoms with Gasteiger partial charge in [-0.05, 0) is 31.3 Å². The topological polar surface area (TPSA) is 115 Å². The predicted octanol–water partition coefficient (Wildman–Crippen LogP) is 2.90. The Balaban J connectivity index is -0.000000427. The molecule has 1 unspecified atom stereocenters. The first-order valence-corrected chi connectivity index (χ1v) is 9.14. The third-order valence-corrected chi connectivity index (χ3v) is 3.73. The highest BCUT2D eigenvalue weighted by atomic mass is 16.4. The van der Waals surface area contributed by atoms with Crippen LogP contribution >= 0.6 is 0 Å². The summed E-state index contributed by atoms with van der Waals surface area (Å²) in [7, 11) is 6.84. The minimum Gasteiger partial charge on any atom is -0.481 e. The molecule has 0 bridgehead atoms. The molecule has 2 N–H and O–H groups in total. The van der Waals surface area contributed by atoms with E-state index in [0.29, 0.717) is 0 Å². The molecule has 2 amide bonds. The molecule has 0 spiro atoms. The lowest BCUT2D eigenvalue weighted by molar-refractivity contribution is -0.139. The number of rotatable bonds is 8. The lowest BCUT2D eigenvalue weighted by Gasteiger charge is -2.25. The van der Waals surface area contributed by atoms with E-state index in [-0.39, 0.29) is 35.1 Å². The van der Waals surface area contributed by atoms with Crippen LogP contribution < -0.4 is 0 Å². The molecule has 29 heavy (non-hydrogen) atoms. The molecule has 8 nitrogen and oxygen atoms in total. The number of carboxylic acid groups (broad SMARTS) is 2. The van der Waals surface area contributed by atoms with Crippen LogP contribution in [0.4, 0.5) is 0 Å². The van der Waals surface area contributed by atoms with Gasteiger partial charge in [-0.1, -0.05) is 33.9 Å². The number of likely N-dealkylation sites (N-methyl/N-ethyl adjacent to an activating group) is 1. The quantitative estimate of drug-likeness (QED) is 0.590. The largest absolute Gasteiger partial charge is 0.481 e. The zero-order valence-electron chi connectivity index (χ0n) is 19.1. The van der Waals surface area contributed by atoms with Crippen molar-refractivity contribution >= 4 is 23.8 Å². The molecule has 0 fully saturated rings. The van der Waals surface area contributed by atoms with Crippen molar-refractivity contribution in [2.75, 3.05) is 28.2 Å². The van der Waals surface area contributed by atoms with E-state index in [0.717, 1.165) is 12.8 Å². The number of carbonyl (C=O) groups excluding carboxylic acids is 2. The zero-order chi connectivity index (χ0) is 23.9. The van der Waals surface area contributed by atoms with E-state index in [2.05, 4.69) is 13.2 Å². The Labute approximate surface area is 174 Å². The monoisotopic (exact) mass is 414 g/mol. The Bertz CT molecular complexity index is 568. The number of hydrogen-bond donors (Lipinski definition) is 2. The van der Waals surface area contributed by atoms with Crippen molar-refractivity contribution in [3.05, 3.63) is 24.8 Å². The number of carbonyl (C=O) groups is 4. The molecule has 0 aromatic rings. The van der Waals surface area contributed by atoms with Crippen molar-refractivity contribution < 1.29 is 29.4 Å². The number of amides is 2. The molecule has 0 heterocycles. The first-order chi connectivity index (χ1) is 13.0. The van der Waals surface area contributed by atoms with Gasteiger partial charge in [0.1, 0.15) is 0 Å². The molecule has 0 aromatic carbocycles. The maximum atomic E-state index is 11.6. The maximum absolute atomic E-state index is 11.6. The number of nitrogens with zero attached hydrogens (tertiary/aromatic N) is 2. The summed E-state index contributed by atoms with van der Waals surface area (Å²) in [4.78, 5) is 45.2. The molecular weight excluding hydrogens is 376 g/mol. The molecule has 8 heteroatoms. The fourth-order valence-corrected chi connectivity index (χ4v) is 1.85. The van der Waals surface area contributed by atoms with E-state index < -0.39 is 11.9 Å². The molecule has 0 radical (unpaired) electrons. The molecular formula is C21H38N2O6. The molecule has 0 aliphatic carbocycles. The van der Waals surface area contributed by atoms with Crippen molar-refractivity contribution in [1.29, 1.82) is 0 Å². The average Bonchev–Trinajstić information content (AvgIpc) is 2.57. The van der Waals surface area contributed by atoms with Crippen molar-refractivity contribution in [2.45, 2.75) is 47.0 Å². The van der Waals surface area contributed by atoms with Crippen LogP contribution in [0.3, 0.4) is 0 Å². The Morgan fingerprint density at radius 3 is 1.66 bits per heavy atom. The summed E-state index contributed by atoms with van der Waals surface area (Å²) in [6, 6.07) is 0. The van der Waals surface area contributed by atoms with Crippen LogP contribution in [0.5, 0.6) is 0 Å². The summed E-state index contributed by atoms with van der Waals surface area (Å²) in [5, 5.41) is 16.6. The second kappa shape index (κ2) is 15.3. The Hall–Kier alpha value is -2.64. The Morgan fingerprint density at radius 1 is 1.03 bits per heavy atom. The van der Waals surface area contributed by atoms with Gasteiger partial charge in [-0.3, -0.25) is 14.4 Å². The van der Waals surface area contributed by atoms with Gasteiger partial charge in [-0.25, -0.2) is 4.79 Å². The smallest absolute Gasteiger partial charge is 0.330 e. The lowest BCUT2D eigenvalue weighted by atomic mass is 9.82. The van der Waals surface area contributed by atoms with Gasteiger partial charge in [0.25, 0.3) is 0 Å². The number of hydrogen-bond acceptors (Lipinski definition) is 4. The van der Waals surface area contributed by atoms with Gasteiger partial charge in [-0.15, -0.1) is 0 Å². The average molecular weight is 415 g/mol. The molecule has 0 saturated heterocycles. The van der Waals surface area contributed by atoms with Crippen molar-refractivity contribution in [3.63, 3.8) is 0 Å². The van der Waals surface area contributed by atoms with E-state index in [1.165, 1.54) is 17.9 Å². The van der Waals surface area contributed by atoms with Gasteiger partial charge >= 0.3 is 11.9 Å². The van der Waals surface area contributed by atoms with E-state index in [1.54, 1.807) is 33.1 Å². The number of aliphatic carboxylic acids is 2. The van der Waals surface area contributed by atoms with E-state index in [4.69, 9.17) is 10.2 Å². The van der Waals surface area contributed by atoms with E-state index in [9.17, 15) is 19.2 Å². The zero-order valence-corrected chi connectivity index (χ0v) is 19.1. The molecule has 0 rings (SSSR count). The molecule has 168 valence electrons. The van der Waals surface area contributed by atoms with Crippen LogP contribution in [0.25, 0.3) is 0 Å². The molecule has 1 atom stereocenters. The summed E-state index contributed by atoms with van der Waals surface area (Å²) in [6.45, 7) is 13.6. The first kappa shape index (κ1) is 31.1. The standard InChI is InChI=1S/C12H23NO3.C5H9NO.C4H6O2/c1-9(11(16)13(4)5)6-7-12(2,3)8-10(14)15;1-4-5(7)6(2)3;1-3(2)4(5)6/h9H,6-8H2,1-5H3,(H,14,15);4H,1H2,2-3H3;1H2,2H3,(H,5,6). The van der Waals surface area contributed by atoms with Crippen LogP contribution in [-0.4, -0.2) is 72.0 Å². The highest BCUT2D eigenvalue weighted by Crippen LogP contribution is 2.28. The van der Waals surface area contributed by atoms with Gasteiger partial charge in [0.15, 0.2) is 0 Å². The van der Waals surface area contributed by atoms with E-state index in [1.807, 2.05) is 20.8 Å². The van der Waals surface area contributed by atoms with Crippen LogP contribution in [0.2, 0.25) is 0 Å². The normalized spacial score (nSPS) is 10.8. The van der Waals surface area contributed by atoms with E-state index >= 15 is 0 Å². The molecule has 0 aliphatic heterocycles. The Morgan fingerprint density at radius 2 is 1.45 bits per heavy atom. The van der Waals surface area contributed by atoms with Crippen LogP contribution in [-0.2, 0) is 19.2 Å². The molecule has 0 saturated carbocycles. The lowest BCUT2D eigenvalue weighted by Crippen LogP contribution is -2.29. The van der Waals surface area contributed by atoms with Crippen molar-refractivity contribution in [3.8, 4) is 0 Å². The fourth-order valence-electron chi connectivity index (χ4n) is 1.85. The second-order valence-corrected chi connectivity index (χ2v) is 7.93. The van der Waals surface area contributed by atoms with Gasteiger partial charge < -0.3 is 20.0 Å². The van der Waals surface area contributed by atoms with Crippen molar-refractivity contribution in [2.24, 2.45) is 11.3 Å². The van der Waals surface area contributed by atoms with Crippen LogP contribution in [0.1, 0.15) is 47.0 Å². The second-order valence-electron chi connectivity index (χ2n) is 7.93. The van der Waals surface area contributed by atoms with Gasteiger partial charge in [0.2, 0.25) is 11.8 Å². The van der Waals surface area contributed by atoms with Crippen LogP contribution in [0, 0.1) is 11.3 Å². The first-order valence-electron chi connectivity index (χ1n) is 9.14. The molecule has 0 aromatic heterocycles. The van der Waals surface area contributed by atoms with Gasteiger partial charge in [-0.2, -0.15) is 0 Å². The minimum absolute atomic E-state index is 0.0388. The number of carboxylic acids is 2. The third-order valence-electron chi connectivity index (χ3n) is 3.73. The SMILES string of the molecule is C=C(C)C(=O)O.C=CC(=O)N(C)C.CC(CCC(C)(C)CC(=O)O)C(=O)N(C)C.